The molecule has 0 saturated carbocycles. The molecule has 4 nitrogen and oxygen atoms in total. The van der Waals surface area contributed by atoms with Crippen molar-refractivity contribution >= 4 is 28.9 Å². The van der Waals surface area contributed by atoms with Crippen LogP contribution in [0.25, 0.3) is 0 Å². The predicted molar refractivity (Wildman–Crippen MR) is 81.0 cm³/mol. The van der Waals surface area contributed by atoms with Gasteiger partial charge in [-0.3, -0.25) is 4.79 Å². The summed E-state index contributed by atoms with van der Waals surface area (Å²) in [6.45, 7) is 1.59. The Morgan fingerprint density at radius 2 is 2.05 bits per heavy atom. The zero-order chi connectivity index (χ0) is 15.4. The zero-order valence-corrected chi connectivity index (χ0v) is 12.0. The van der Waals surface area contributed by atoms with Crippen LogP contribution < -0.4 is 15.8 Å². The summed E-state index contributed by atoms with van der Waals surface area (Å²) in [7, 11) is 0. The first-order valence-corrected chi connectivity index (χ1v) is 6.62. The minimum Gasteiger partial charge on any atom is -0.479 e. The lowest BCUT2D eigenvalue weighted by Crippen LogP contribution is -2.30. The Bertz CT molecular complexity index is 664. The van der Waals surface area contributed by atoms with Crippen molar-refractivity contribution in [1.82, 2.24) is 0 Å². The molecule has 1 unspecified atom stereocenters. The molecule has 0 aromatic heterocycles. The Kier molecular flexibility index (Phi) is 4.65. The number of halogens is 2. The summed E-state index contributed by atoms with van der Waals surface area (Å²) >= 11 is 5.96. The number of anilines is 2. The highest BCUT2D eigenvalue weighted by Crippen LogP contribution is 2.24. The summed E-state index contributed by atoms with van der Waals surface area (Å²) in [5.74, 6) is -0.505. The number of nitrogens with one attached hydrogen (secondary N) is 1. The molecule has 110 valence electrons. The summed E-state index contributed by atoms with van der Waals surface area (Å²) in [4.78, 5) is 12.0. The van der Waals surface area contributed by atoms with Crippen LogP contribution >= 0.6 is 11.6 Å². The lowest BCUT2D eigenvalue weighted by Gasteiger charge is -2.15. The van der Waals surface area contributed by atoms with Gasteiger partial charge in [-0.05, 0) is 37.3 Å². The van der Waals surface area contributed by atoms with Crippen molar-refractivity contribution in [1.29, 1.82) is 0 Å². The van der Waals surface area contributed by atoms with E-state index in [2.05, 4.69) is 5.32 Å². The van der Waals surface area contributed by atoms with Crippen molar-refractivity contribution in [3.63, 3.8) is 0 Å². The first-order chi connectivity index (χ1) is 9.97. The third kappa shape index (κ3) is 3.86. The van der Waals surface area contributed by atoms with Crippen LogP contribution in [0, 0.1) is 5.82 Å². The maximum atomic E-state index is 13.0. The molecule has 3 N–H and O–H groups in total. The number of benzene rings is 2. The first-order valence-electron chi connectivity index (χ1n) is 6.24. The van der Waals surface area contributed by atoms with Gasteiger partial charge in [0.25, 0.3) is 5.91 Å². The molecule has 0 aliphatic rings. The van der Waals surface area contributed by atoms with Crippen molar-refractivity contribution in [3.05, 3.63) is 53.3 Å². The maximum Gasteiger partial charge on any atom is 0.265 e. The topological polar surface area (TPSA) is 64.3 Å². The highest BCUT2D eigenvalue weighted by molar-refractivity contribution is 6.32. The van der Waals surface area contributed by atoms with Crippen LogP contribution in [-0.2, 0) is 4.79 Å². The van der Waals surface area contributed by atoms with E-state index in [1.54, 1.807) is 31.2 Å². The van der Waals surface area contributed by atoms with Gasteiger partial charge in [-0.15, -0.1) is 0 Å². The number of nitrogen functional groups attached to an aromatic ring is 1. The summed E-state index contributed by atoms with van der Waals surface area (Å²) in [5.41, 5.74) is 5.80. The molecule has 0 spiro atoms. The number of carbonyl (C=O) groups is 1. The fraction of sp³-hybridized carbons (Fsp3) is 0.133. The molecule has 2 rings (SSSR count). The zero-order valence-electron chi connectivity index (χ0n) is 11.3. The van der Waals surface area contributed by atoms with E-state index in [0.717, 1.165) is 0 Å². The number of amides is 1. The third-order valence-electron chi connectivity index (χ3n) is 2.77. The molecule has 2 aromatic carbocycles. The minimum absolute atomic E-state index is 0.0347. The highest BCUT2D eigenvalue weighted by Gasteiger charge is 2.16. The van der Waals surface area contributed by atoms with E-state index in [4.69, 9.17) is 22.1 Å². The molecule has 0 radical (unpaired) electrons. The van der Waals surface area contributed by atoms with E-state index in [1.165, 1.54) is 18.2 Å². The molecule has 0 aliphatic carbocycles. The summed E-state index contributed by atoms with van der Waals surface area (Å²) in [6, 6.07) is 10.8. The average molecular weight is 309 g/mol. The molecule has 6 heteroatoms. The first kappa shape index (κ1) is 15.1. The van der Waals surface area contributed by atoms with E-state index in [0.29, 0.717) is 16.5 Å². The number of carbonyl (C=O) groups excluding carboxylic acids is 1. The van der Waals surface area contributed by atoms with Crippen LogP contribution in [0.15, 0.2) is 42.5 Å². The standard InChI is InChI=1S/C15H14ClFN2O2/c1-9(21-14-5-3-2-4-11(14)16)15(20)19-10-6-7-12(17)13(18)8-10/h2-9H,18H2,1H3,(H,19,20). The predicted octanol–water partition coefficient (Wildman–Crippen LogP) is 3.47. The number of ether oxygens (including phenoxy) is 1. The van der Waals surface area contributed by atoms with Gasteiger partial charge in [-0.25, -0.2) is 4.39 Å². The Labute approximate surface area is 126 Å². The minimum atomic E-state index is -0.767. The van der Waals surface area contributed by atoms with Gasteiger partial charge in [0.1, 0.15) is 11.6 Å². The van der Waals surface area contributed by atoms with Crippen LogP contribution in [0.5, 0.6) is 5.75 Å². The second kappa shape index (κ2) is 6.45. The Morgan fingerprint density at radius 1 is 1.33 bits per heavy atom. The van der Waals surface area contributed by atoms with Crippen molar-refractivity contribution < 1.29 is 13.9 Å². The largest absolute Gasteiger partial charge is 0.479 e. The smallest absolute Gasteiger partial charge is 0.265 e. The van der Waals surface area contributed by atoms with E-state index < -0.39 is 11.9 Å². The number of hydrogen-bond acceptors (Lipinski definition) is 3. The van der Waals surface area contributed by atoms with Crippen LogP contribution in [0.1, 0.15) is 6.92 Å². The molecule has 0 heterocycles. The second-order valence-corrected chi connectivity index (χ2v) is 4.82. The highest BCUT2D eigenvalue weighted by atomic mass is 35.5. The van der Waals surface area contributed by atoms with Crippen LogP contribution in [0.3, 0.4) is 0 Å². The van der Waals surface area contributed by atoms with E-state index in [1.807, 2.05) is 0 Å². The third-order valence-corrected chi connectivity index (χ3v) is 3.09. The van der Waals surface area contributed by atoms with Crippen LogP contribution in [0.2, 0.25) is 5.02 Å². The number of hydrogen-bond donors (Lipinski definition) is 2. The van der Waals surface area contributed by atoms with Crippen molar-refractivity contribution in [2.24, 2.45) is 0 Å². The van der Waals surface area contributed by atoms with E-state index in [-0.39, 0.29) is 11.6 Å². The molecule has 21 heavy (non-hydrogen) atoms. The quantitative estimate of drug-likeness (QED) is 0.850. The summed E-state index contributed by atoms with van der Waals surface area (Å²) in [5, 5.41) is 3.02. The SMILES string of the molecule is CC(Oc1ccccc1Cl)C(=O)Nc1ccc(F)c(N)c1. The average Bonchev–Trinajstić information content (AvgIpc) is 2.45. The molecule has 0 fully saturated rings. The normalized spacial score (nSPS) is 11.8. The molecular weight excluding hydrogens is 295 g/mol. The van der Waals surface area contributed by atoms with E-state index in [9.17, 15) is 9.18 Å². The summed E-state index contributed by atoms with van der Waals surface area (Å²) in [6.07, 6.45) is -0.767. The fourth-order valence-corrected chi connectivity index (χ4v) is 1.83. The molecule has 0 aliphatic heterocycles. The summed E-state index contributed by atoms with van der Waals surface area (Å²) < 4.78 is 18.5. The van der Waals surface area contributed by atoms with Gasteiger partial charge in [-0.2, -0.15) is 0 Å². The Morgan fingerprint density at radius 3 is 2.71 bits per heavy atom. The molecule has 2 aromatic rings. The van der Waals surface area contributed by atoms with Gasteiger partial charge in [-0.1, -0.05) is 23.7 Å². The van der Waals surface area contributed by atoms with Crippen molar-refractivity contribution in [2.75, 3.05) is 11.1 Å². The van der Waals surface area contributed by atoms with E-state index >= 15 is 0 Å². The van der Waals surface area contributed by atoms with Crippen molar-refractivity contribution in [2.45, 2.75) is 13.0 Å². The second-order valence-electron chi connectivity index (χ2n) is 4.42. The van der Waals surface area contributed by atoms with Gasteiger partial charge < -0.3 is 15.8 Å². The maximum absolute atomic E-state index is 13.0. The van der Waals surface area contributed by atoms with Gasteiger partial charge >= 0.3 is 0 Å². The Balaban J connectivity index is 2.02. The van der Waals surface area contributed by atoms with Gasteiger partial charge in [0.15, 0.2) is 6.10 Å². The number of rotatable bonds is 4. The monoisotopic (exact) mass is 308 g/mol. The Hall–Kier alpha value is -2.27. The number of para-hydroxylation sites is 1. The molecule has 1 atom stereocenters. The van der Waals surface area contributed by atoms with Crippen LogP contribution in [0.4, 0.5) is 15.8 Å². The molecule has 0 bridgehead atoms. The lowest BCUT2D eigenvalue weighted by atomic mass is 10.2. The van der Waals surface area contributed by atoms with Crippen LogP contribution in [-0.4, -0.2) is 12.0 Å². The lowest BCUT2D eigenvalue weighted by molar-refractivity contribution is -0.122. The van der Waals surface area contributed by atoms with Gasteiger partial charge in [0, 0.05) is 5.69 Å². The molecule has 1 amide bonds. The molecule has 0 saturated heterocycles. The number of nitrogens with two attached hydrogens (primary N) is 1. The fourth-order valence-electron chi connectivity index (χ4n) is 1.65. The van der Waals surface area contributed by atoms with Gasteiger partial charge in [0.05, 0.1) is 10.7 Å². The van der Waals surface area contributed by atoms with Gasteiger partial charge in [0.2, 0.25) is 0 Å². The molecular formula is C15H14ClFN2O2. The van der Waals surface area contributed by atoms with Crippen molar-refractivity contribution in [3.8, 4) is 5.75 Å².